The molecular formula is C10H19NO4S. The predicted molar refractivity (Wildman–Crippen MR) is 60.8 cm³/mol. The zero-order valence-corrected chi connectivity index (χ0v) is 10.4. The van der Waals surface area contributed by atoms with Gasteiger partial charge in [-0.25, -0.2) is 8.42 Å². The molecule has 0 radical (unpaired) electrons. The number of rotatable bonds is 5. The van der Waals surface area contributed by atoms with Crippen molar-refractivity contribution < 1.29 is 18.3 Å². The summed E-state index contributed by atoms with van der Waals surface area (Å²) < 4.78 is 22.1. The van der Waals surface area contributed by atoms with Gasteiger partial charge in [-0.2, -0.15) is 0 Å². The normalized spacial score (nSPS) is 17.6. The van der Waals surface area contributed by atoms with Gasteiger partial charge in [0.25, 0.3) is 0 Å². The summed E-state index contributed by atoms with van der Waals surface area (Å²) >= 11 is 0. The molecule has 0 aromatic rings. The van der Waals surface area contributed by atoms with Crippen LogP contribution in [0.5, 0.6) is 0 Å². The van der Waals surface area contributed by atoms with Crippen LogP contribution in [-0.4, -0.2) is 55.5 Å². The van der Waals surface area contributed by atoms with Crippen LogP contribution in [0.3, 0.4) is 0 Å². The average Bonchev–Trinajstić information content (AvgIpc) is 2.63. The monoisotopic (exact) mass is 249 g/mol. The molecule has 1 amide bonds. The van der Waals surface area contributed by atoms with Gasteiger partial charge in [0.2, 0.25) is 5.91 Å². The minimum Gasteiger partial charge on any atom is -0.395 e. The Morgan fingerprint density at radius 2 is 1.94 bits per heavy atom. The van der Waals surface area contributed by atoms with Crippen LogP contribution < -0.4 is 0 Å². The zero-order chi connectivity index (χ0) is 12.2. The number of hydrogen-bond donors (Lipinski definition) is 1. The molecule has 5 nitrogen and oxygen atoms in total. The Hall–Kier alpha value is -0.620. The van der Waals surface area contributed by atoms with Crippen LogP contribution in [0, 0.1) is 0 Å². The van der Waals surface area contributed by atoms with Gasteiger partial charge >= 0.3 is 0 Å². The van der Waals surface area contributed by atoms with E-state index in [1.54, 1.807) is 0 Å². The standard InChI is InChI=1S/C10H19NO4S/c1-16(14,15)8-10(13)11(6-7-12)9-4-2-3-5-9/h9,12H,2-8H2,1H3. The lowest BCUT2D eigenvalue weighted by molar-refractivity contribution is -0.131. The summed E-state index contributed by atoms with van der Waals surface area (Å²) in [5.74, 6) is -0.841. The Kier molecular flexibility index (Phi) is 4.73. The van der Waals surface area contributed by atoms with Crippen molar-refractivity contribution in [3.63, 3.8) is 0 Å². The highest BCUT2D eigenvalue weighted by atomic mass is 32.2. The molecule has 94 valence electrons. The lowest BCUT2D eigenvalue weighted by Gasteiger charge is -2.28. The third-order valence-electron chi connectivity index (χ3n) is 2.81. The number of carbonyl (C=O) groups is 1. The van der Waals surface area contributed by atoms with Crippen molar-refractivity contribution in [2.75, 3.05) is 25.2 Å². The van der Waals surface area contributed by atoms with Crippen molar-refractivity contribution in [2.45, 2.75) is 31.7 Å². The minimum absolute atomic E-state index is 0.112. The van der Waals surface area contributed by atoms with Gasteiger partial charge < -0.3 is 10.0 Å². The van der Waals surface area contributed by atoms with Gasteiger partial charge in [-0.1, -0.05) is 12.8 Å². The molecule has 0 atom stereocenters. The second-order valence-electron chi connectivity index (χ2n) is 4.32. The Morgan fingerprint density at radius 1 is 1.38 bits per heavy atom. The molecule has 0 spiro atoms. The first-order chi connectivity index (χ1) is 7.44. The maximum atomic E-state index is 11.8. The fourth-order valence-corrected chi connectivity index (χ4v) is 2.76. The minimum atomic E-state index is -3.29. The van der Waals surface area contributed by atoms with Crippen molar-refractivity contribution >= 4 is 15.7 Å². The molecule has 16 heavy (non-hydrogen) atoms. The lowest BCUT2D eigenvalue weighted by atomic mass is 10.2. The molecule has 1 N–H and O–H groups in total. The van der Waals surface area contributed by atoms with Crippen molar-refractivity contribution in [1.29, 1.82) is 0 Å². The van der Waals surface area contributed by atoms with E-state index in [1.165, 1.54) is 4.90 Å². The molecule has 1 fully saturated rings. The Labute approximate surface area is 96.4 Å². The molecule has 1 aliphatic rings. The molecule has 6 heteroatoms. The van der Waals surface area contributed by atoms with E-state index in [0.717, 1.165) is 31.9 Å². The van der Waals surface area contributed by atoms with Gasteiger partial charge in [-0.15, -0.1) is 0 Å². The van der Waals surface area contributed by atoms with E-state index in [4.69, 9.17) is 5.11 Å². The first-order valence-electron chi connectivity index (χ1n) is 5.52. The van der Waals surface area contributed by atoms with Crippen LogP contribution in [0.25, 0.3) is 0 Å². The Bertz CT molecular complexity index is 333. The molecule has 0 aliphatic heterocycles. The molecular weight excluding hydrogens is 230 g/mol. The van der Waals surface area contributed by atoms with E-state index in [1.807, 2.05) is 0 Å². The van der Waals surface area contributed by atoms with Gasteiger partial charge in [0.15, 0.2) is 9.84 Å². The largest absolute Gasteiger partial charge is 0.395 e. The molecule has 0 saturated heterocycles. The quantitative estimate of drug-likeness (QED) is 0.732. The van der Waals surface area contributed by atoms with E-state index >= 15 is 0 Å². The molecule has 1 saturated carbocycles. The maximum Gasteiger partial charge on any atom is 0.238 e. The van der Waals surface area contributed by atoms with Gasteiger partial charge in [-0.05, 0) is 12.8 Å². The van der Waals surface area contributed by atoms with Gasteiger partial charge in [0.1, 0.15) is 5.75 Å². The molecule has 0 aromatic heterocycles. The van der Waals surface area contributed by atoms with Crippen molar-refractivity contribution in [1.82, 2.24) is 4.90 Å². The van der Waals surface area contributed by atoms with Crippen molar-refractivity contribution in [2.24, 2.45) is 0 Å². The summed E-state index contributed by atoms with van der Waals surface area (Å²) in [6.07, 6.45) is 5.01. The average molecular weight is 249 g/mol. The maximum absolute atomic E-state index is 11.8. The Balaban J connectivity index is 2.65. The zero-order valence-electron chi connectivity index (χ0n) is 9.55. The first-order valence-corrected chi connectivity index (χ1v) is 7.58. The molecule has 0 heterocycles. The van der Waals surface area contributed by atoms with Crippen LogP contribution in [0.15, 0.2) is 0 Å². The number of carbonyl (C=O) groups excluding carboxylic acids is 1. The van der Waals surface area contributed by atoms with Crippen LogP contribution in [0.4, 0.5) is 0 Å². The molecule has 0 aromatic carbocycles. The van der Waals surface area contributed by atoms with Crippen LogP contribution in [0.2, 0.25) is 0 Å². The highest BCUT2D eigenvalue weighted by Gasteiger charge is 2.27. The van der Waals surface area contributed by atoms with E-state index in [0.29, 0.717) is 0 Å². The molecule has 1 rings (SSSR count). The summed E-state index contributed by atoms with van der Waals surface area (Å²) in [6.45, 7) is 0.116. The SMILES string of the molecule is CS(=O)(=O)CC(=O)N(CCO)C1CCCC1. The van der Waals surface area contributed by atoms with Gasteiger partial charge in [0.05, 0.1) is 6.61 Å². The van der Waals surface area contributed by atoms with Gasteiger partial charge in [0, 0.05) is 18.8 Å². The second kappa shape index (κ2) is 5.63. The summed E-state index contributed by atoms with van der Waals surface area (Å²) in [5.41, 5.74) is 0. The van der Waals surface area contributed by atoms with E-state index in [2.05, 4.69) is 0 Å². The number of hydrogen-bond acceptors (Lipinski definition) is 4. The van der Waals surface area contributed by atoms with Crippen LogP contribution in [0.1, 0.15) is 25.7 Å². The highest BCUT2D eigenvalue weighted by molar-refractivity contribution is 7.91. The summed E-state index contributed by atoms with van der Waals surface area (Å²) in [7, 11) is -3.29. The van der Waals surface area contributed by atoms with E-state index in [9.17, 15) is 13.2 Å². The third kappa shape index (κ3) is 4.09. The number of sulfone groups is 1. The summed E-state index contributed by atoms with van der Waals surface area (Å²) in [6, 6.07) is 0.112. The number of nitrogens with zero attached hydrogens (tertiary/aromatic N) is 1. The first kappa shape index (κ1) is 13.4. The lowest BCUT2D eigenvalue weighted by Crippen LogP contribution is -2.43. The second-order valence-corrected chi connectivity index (χ2v) is 6.46. The topological polar surface area (TPSA) is 74.7 Å². The predicted octanol–water partition coefficient (Wildman–Crippen LogP) is -0.206. The van der Waals surface area contributed by atoms with E-state index in [-0.39, 0.29) is 25.1 Å². The fraction of sp³-hybridized carbons (Fsp3) is 0.900. The molecule has 0 bridgehead atoms. The van der Waals surface area contributed by atoms with Crippen LogP contribution in [-0.2, 0) is 14.6 Å². The smallest absolute Gasteiger partial charge is 0.238 e. The van der Waals surface area contributed by atoms with Gasteiger partial charge in [-0.3, -0.25) is 4.79 Å². The molecule has 1 aliphatic carbocycles. The number of amides is 1. The van der Waals surface area contributed by atoms with Crippen molar-refractivity contribution in [3.8, 4) is 0 Å². The number of aliphatic hydroxyl groups excluding tert-OH is 1. The third-order valence-corrected chi connectivity index (χ3v) is 3.58. The van der Waals surface area contributed by atoms with E-state index < -0.39 is 15.6 Å². The fourth-order valence-electron chi connectivity index (χ4n) is 2.14. The van der Waals surface area contributed by atoms with Crippen molar-refractivity contribution in [3.05, 3.63) is 0 Å². The number of aliphatic hydroxyl groups is 1. The highest BCUT2D eigenvalue weighted by Crippen LogP contribution is 2.23. The summed E-state index contributed by atoms with van der Waals surface area (Å²) in [5, 5.41) is 8.90. The summed E-state index contributed by atoms with van der Waals surface area (Å²) in [4.78, 5) is 13.3. The van der Waals surface area contributed by atoms with Crippen LogP contribution >= 0.6 is 0 Å². The molecule has 0 unspecified atom stereocenters. The Morgan fingerprint density at radius 3 is 2.38 bits per heavy atom.